The van der Waals surface area contributed by atoms with Crippen LogP contribution >= 0.6 is 11.6 Å². The summed E-state index contributed by atoms with van der Waals surface area (Å²) in [5.74, 6) is 0.0325. The fraction of sp³-hybridized carbons (Fsp3) is 0.533. The maximum Gasteiger partial charge on any atom is 0.242 e. The van der Waals surface area contributed by atoms with Crippen molar-refractivity contribution in [1.82, 2.24) is 4.31 Å². The van der Waals surface area contributed by atoms with Gasteiger partial charge in [0, 0.05) is 6.54 Å². The van der Waals surface area contributed by atoms with Crippen molar-refractivity contribution in [2.45, 2.75) is 32.2 Å². The third-order valence-electron chi connectivity index (χ3n) is 3.70. The van der Waals surface area contributed by atoms with Gasteiger partial charge in [0.25, 0.3) is 0 Å². The van der Waals surface area contributed by atoms with Gasteiger partial charge in [-0.1, -0.05) is 24.1 Å². The van der Waals surface area contributed by atoms with E-state index in [1.165, 1.54) is 4.31 Å². The average molecular weight is 361 g/mol. The highest BCUT2D eigenvalue weighted by atomic mass is 35.5. The number of piperidine rings is 1. The predicted molar refractivity (Wildman–Crippen MR) is 90.4 cm³/mol. The van der Waals surface area contributed by atoms with E-state index in [1.807, 2.05) is 6.92 Å². The Hall–Kier alpha value is -1.31. The fourth-order valence-electron chi connectivity index (χ4n) is 2.68. The molecule has 1 amide bonds. The molecule has 0 bridgehead atoms. The molecule has 1 fully saturated rings. The van der Waals surface area contributed by atoms with E-state index in [0.29, 0.717) is 36.0 Å². The van der Waals surface area contributed by atoms with Gasteiger partial charge in [-0.3, -0.25) is 4.79 Å². The Labute approximate surface area is 141 Å². The van der Waals surface area contributed by atoms with Crippen LogP contribution < -0.4 is 10.1 Å². The highest BCUT2D eigenvalue weighted by Crippen LogP contribution is 2.33. The maximum absolute atomic E-state index is 12.6. The Balaban J connectivity index is 2.23. The van der Waals surface area contributed by atoms with Crippen molar-refractivity contribution in [2.24, 2.45) is 0 Å². The first kappa shape index (κ1) is 18.0. The second kappa shape index (κ2) is 7.51. The number of para-hydroxylation sites is 1. The first-order valence-electron chi connectivity index (χ1n) is 7.53. The number of hydrogen-bond acceptors (Lipinski definition) is 4. The highest BCUT2D eigenvalue weighted by molar-refractivity contribution is 7.88. The number of ether oxygens (including phenoxy) is 1. The van der Waals surface area contributed by atoms with Crippen LogP contribution in [0.2, 0.25) is 5.02 Å². The minimum atomic E-state index is -3.43. The average Bonchev–Trinajstić information content (AvgIpc) is 2.50. The smallest absolute Gasteiger partial charge is 0.242 e. The Bertz CT molecular complexity index is 678. The molecule has 1 saturated heterocycles. The molecule has 0 radical (unpaired) electrons. The summed E-state index contributed by atoms with van der Waals surface area (Å²) in [6.45, 7) is 2.59. The van der Waals surface area contributed by atoms with Gasteiger partial charge in [-0.15, -0.1) is 0 Å². The second-order valence-corrected chi connectivity index (χ2v) is 7.77. The normalized spacial score (nSPS) is 19.3. The molecule has 1 N–H and O–H groups in total. The number of sulfonamides is 1. The van der Waals surface area contributed by atoms with E-state index in [9.17, 15) is 13.2 Å². The summed E-state index contributed by atoms with van der Waals surface area (Å²) in [7, 11) is -3.43. The van der Waals surface area contributed by atoms with E-state index < -0.39 is 16.1 Å². The van der Waals surface area contributed by atoms with E-state index in [4.69, 9.17) is 16.3 Å². The molecule has 0 aliphatic carbocycles. The number of rotatable bonds is 5. The summed E-state index contributed by atoms with van der Waals surface area (Å²) >= 11 is 6.10. The number of nitrogens with zero attached hydrogens (tertiary/aromatic N) is 1. The van der Waals surface area contributed by atoms with Gasteiger partial charge in [0.05, 0.1) is 23.6 Å². The molecule has 0 saturated carbocycles. The SMILES string of the molecule is CCOc1c(Cl)cccc1NC(=O)C1CCCCN1S(C)(=O)=O. The standard InChI is InChI=1S/C15H21ClN2O4S/c1-3-22-14-11(16)7-6-8-12(14)17-15(19)13-9-4-5-10-18(13)23(2,20)21/h6-8,13H,3-5,9-10H2,1-2H3,(H,17,19). The zero-order valence-corrected chi connectivity index (χ0v) is 14.8. The number of hydrogen-bond donors (Lipinski definition) is 1. The molecule has 1 aromatic rings. The van der Waals surface area contributed by atoms with Crippen molar-refractivity contribution in [3.63, 3.8) is 0 Å². The molecule has 6 nitrogen and oxygen atoms in total. The molecule has 0 spiro atoms. The second-order valence-electron chi connectivity index (χ2n) is 5.42. The molecular weight excluding hydrogens is 340 g/mol. The van der Waals surface area contributed by atoms with Crippen LogP contribution in [0.25, 0.3) is 0 Å². The van der Waals surface area contributed by atoms with E-state index in [0.717, 1.165) is 19.1 Å². The zero-order valence-electron chi connectivity index (χ0n) is 13.2. The Morgan fingerprint density at radius 2 is 2.17 bits per heavy atom. The van der Waals surface area contributed by atoms with Gasteiger partial charge in [-0.2, -0.15) is 4.31 Å². The number of anilines is 1. The number of carbonyl (C=O) groups is 1. The van der Waals surface area contributed by atoms with Crippen molar-refractivity contribution in [2.75, 3.05) is 24.7 Å². The number of nitrogens with one attached hydrogen (secondary N) is 1. The van der Waals surface area contributed by atoms with Gasteiger partial charge in [0.15, 0.2) is 5.75 Å². The lowest BCUT2D eigenvalue weighted by molar-refractivity contribution is -0.120. The maximum atomic E-state index is 12.6. The van der Waals surface area contributed by atoms with Crippen LogP contribution in [-0.4, -0.2) is 44.1 Å². The first-order valence-corrected chi connectivity index (χ1v) is 9.76. The minimum Gasteiger partial charge on any atom is -0.490 e. The van der Waals surface area contributed by atoms with Crippen molar-refractivity contribution in [3.05, 3.63) is 23.2 Å². The van der Waals surface area contributed by atoms with Crippen LogP contribution in [0.1, 0.15) is 26.2 Å². The lowest BCUT2D eigenvalue weighted by Gasteiger charge is -2.32. The summed E-state index contributed by atoms with van der Waals surface area (Å²) in [4.78, 5) is 12.6. The molecule has 0 aromatic heterocycles. The van der Waals surface area contributed by atoms with Gasteiger partial charge in [-0.05, 0) is 31.9 Å². The number of halogens is 1. The molecule has 1 heterocycles. The molecule has 1 unspecified atom stereocenters. The van der Waals surface area contributed by atoms with Crippen LogP contribution in [-0.2, 0) is 14.8 Å². The summed E-state index contributed by atoms with van der Waals surface area (Å²) in [6, 6.07) is 4.36. The Morgan fingerprint density at radius 1 is 1.43 bits per heavy atom. The third kappa shape index (κ3) is 4.37. The molecule has 2 rings (SSSR count). The number of amides is 1. The minimum absolute atomic E-state index is 0.363. The van der Waals surface area contributed by atoms with Crippen molar-refractivity contribution < 1.29 is 17.9 Å². The summed E-state index contributed by atoms with van der Waals surface area (Å²) < 4.78 is 30.5. The van der Waals surface area contributed by atoms with E-state index in [-0.39, 0.29) is 5.91 Å². The molecular formula is C15H21ClN2O4S. The van der Waals surface area contributed by atoms with Gasteiger partial charge in [-0.25, -0.2) is 8.42 Å². The van der Waals surface area contributed by atoms with E-state index in [2.05, 4.69) is 5.32 Å². The van der Waals surface area contributed by atoms with E-state index >= 15 is 0 Å². The van der Waals surface area contributed by atoms with Crippen molar-refractivity contribution in [3.8, 4) is 5.75 Å². The summed E-state index contributed by atoms with van der Waals surface area (Å²) in [5, 5.41) is 3.15. The topological polar surface area (TPSA) is 75.7 Å². The third-order valence-corrected chi connectivity index (χ3v) is 5.28. The first-order chi connectivity index (χ1) is 10.8. The van der Waals surface area contributed by atoms with Crippen LogP contribution in [0.5, 0.6) is 5.75 Å². The predicted octanol–water partition coefficient (Wildman–Crippen LogP) is 2.49. The monoisotopic (exact) mass is 360 g/mol. The van der Waals surface area contributed by atoms with Gasteiger partial charge in [0.2, 0.25) is 15.9 Å². The lowest BCUT2D eigenvalue weighted by atomic mass is 10.0. The van der Waals surface area contributed by atoms with E-state index in [1.54, 1.807) is 18.2 Å². The number of benzene rings is 1. The number of carbonyl (C=O) groups excluding carboxylic acids is 1. The Morgan fingerprint density at radius 3 is 2.83 bits per heavy atom. The molecule has 128 valence electrons. The van der Waals surface area contributed by atoms with Crippen LogP contribution in [0.15, 0.2) is 18.2 Å². The quantitative estimate of drug-likeness (QED) is 0.875. The highest BCUT2D eigenvalue weighted by Gasteiger charge is 2.34. The fourth-order valence-corrected chi connectivity index (χ4v) is 4.03. The van der Waals surface area contributed by atoms with Crippen molar-refractivity contribution >= 4 is 33.2 Å². The molecule has 1 atom stereocenters. The van der Waals surface area contributed by atoms with Crippen LogP contribution in [0.3, 0.4) is 0 Å². The molecule has 1 aliphatic rings. The summed E-state index contributed by atoms with van der Waals surface area (Å²) in [5.41, 5.74) is 0.448. The largest absolute Gasteiger partial charge is 0.490 e. The molecule has 23 heavy (non-hydrogen) atoms. The Kier molecular flexibility index (Phi) is 5.89. The lowest BCUT2D eigenvalue weighted by Crippen LogP contribution is -2.49. The van der Waals surface area contributed by atoms with Crippen LogP contribution in [0, 0.1) is 0 Å². The van der Waals surface area contributed by atoms with Crippen molar-refractivity contribution in [1.29, 1.82) is 0 Å². The molecule has 1 aromatic carbocycles. The summed E-state index contributed by atoms with van der Waals surface area (Å²) in [6.07, 6.45) is 3.21. The zero-order chi connectivity index (χ0) is 17.0. The van der Waals surface area contributed by atoms with Gasteiger partial charge < -0.3 is 10.1 Å². The van der Waals surface area contributed by atoms with Gasteiger partial charge >= 0.3 is 0 Å². The molecule has 8 heteroatoms. The molecule has 1 aliphatic heterocycles. The van der Waals surface area contributed by atoms with Crippen LogP contribution in [0.4, 0.5) is 5.69 Å². The van der Waals surface area contributed by atoms with Gasteiger partial charge in [0.1, 0.15) is 6.04 Å².